The van der Waals surface area contributed by atoms with Gasteiger partial charge in [-0.2, -0.15) is 5.10 Å². The van der Waals surface area contributed by atoms with Gasteiger partial charge in [-0.25, -0.2) is 9.50 Å². The Balaban J connectivity index is 1.33. The van der Waals surface area contributed by atoms with Gasteiger partial charge in [0.25, 0.3) is 0 Å². The smallest absolute Gasteiger partial charge is 0.243 e. The number of aryl methyl sites for hydroxylation is 2. The van der Waals surface area contributed by atoms with Gasteiger partial charge in [-0.3, -0.25) is 19.2 Å². The number of piperidine rings is 1. The van der Waals surface area contributed by atoms with Crippen molar-refractivity contribution in [2.24, 2.45) is 5.41 Å². The Morgan fingerprint density at radius 1 is 1.02 bits per heavy atom. The van der Waals surface area contributed by atoms with Crippen LogP contribution in [0, 0.1) is 12.3 Å². The van der Waals surface area contributed by atoms with Crippen molar-refractivity contribution < 1.29 is 19.2 Å². The van der Waals surface area contributed by atoms with Gasteiger partial charge in [0.15, 0.2) is 11.4 Å². The molecule has 11 nitrogen and oxygen atoms in total. The number of nitrogens with one attached hydrogen (secondary N) is 2. The predicted molar refractivity (Wildman–Crippen MR) is 169 cm³/mol. The summed E-state index contributed by atoms with van der Waals surface area (Å²) in [6, 6.07) is 5.39. The first-order valence-corrected chi connectivity index (χ1v) is 16.0. The Morgan fingerprint density at radius 2 is 1.82 bits per heavy atom. The van der Waals surface area contributed by atoms with Crippen LogP contribution in [0.1, 0.15) is 73.5 Å². The molecular formula is C34H39N7O4. The zero-order chi connectivity index (χ0) is 31.5. The molecular weight excluding hydrogens is 570 g/mol. The number of ketones is 1. The van der Waals surface area contributed by atoms with E-state index in [1.165, 1.54) is 0 Å². The quantitative estimate of drug-likeness (QED) is 0.342. The molecule has 7 rings (SSSR count). The van der Waals surface area contributed by atoms with E-state index in [2.05, 4.69) is 26.8 Å². The van der Waals surface area contributed by atoms with Crippen molar-refractivity contribution in [3.05, 3.63) is 53.6 Å². The molecule has 3 atom stereocenters. The summed E-state index contributed by atoms with van der Waals surface area (Å²) in [5, 5.41) is 11.2. The third-order valence-electron chi connectivity index (χ3n) is 10.00. The van der Waals surface area contributed by atoms with E-state index in [1.807, 2.05) is 36.0 Å². The number of benzene rings is 1. The molecule has 0 radical (unpaired) electrons. The lowest BCUT2D eigenvalue weighted by molar-refractivity contribution is -0.140. The van der Waals surface area contributed by atoms with Crippen LogP contribution in [0.4, 0.5) is 0 Å². The van der Waals surface area contributed by atoms with Crippen LogP contribution in [-0.4, -0.2) is 73.2 Å². The highest BCUT2D eigenvalue weighted by Gasteiger charge is 2.66. The molecule has 0 spiro atoms. The van der Waals surface area contributed by atoms with Crippen LogP contribution < -0.4 is 10.6 Å². The fraction of sp³-hybridized carbons (Fsp3) is 0.471. The number of fused-ring (bicyclic) bond motifs is 1. The summed E-state index contributed by atoms with van der Waals surface area (Å²) < 4.78 is 3.68. The maximum atomic E-state index is 14.1. The Labute approximate surface area is 261 Å². The Morgan fingerprint density at radius 3 is 2.60 bits per heavy atom. The average molecular weight is 610 g/mol. The number of nitrogens with zero attached hydrogens (tertiary/aromatic N) is 5. The van der Waals surface area contributed by atoms with Crippen molar-refractivity contribution >= 4 is 40.1 Å². The van der Waals surface area contributed by atoms with Crippen molar-refractivity contribution in [2.75, 3.05) is 13.6 Å². The summed E-state index contributed by atoms with van der Waals surface area (Å²) >= 11 is 0. The molecule has 0 unspecified atom stereocenters. The molecule has 1 saturated heterocycles. The normalized spacial score (nSPS) is 23.9. The number of amides is 3. The van der Waals surface area contributed by atoms with E-state index in [4.69, 9.17) is 0 Å². The first kappa shape index (κ1) is 29.2. The van der Waals surface area contributed by atoms with E-state index < -0.39 is 6.04 Å². The average Bonchev–Trinajstić information content (AvgIpc) is 3.27. The van der Waals surface area contributed by atoms with Gasteiger partial charge >= 0.3 is 0 Å². The second-order valence-electron chi connectivity index (χ2n) is 13.1. The van der Waals surface area contributed by atoms with Crippen molar-refractivity contribution in [3.63, 3.8) is 0 Å². The number of carbonyl (C=O) groups is 4. The number of hydrogen-bond donors (Lipinski definition) is 2. The van der Waals surface area contributed by atoms with Crippen LogP contribution in [0.5, 0.6) is 0 Å². The number of carbonyl (C=O) groups excluding carboxylic acids is 4. The second kappa shape index (κ2) is 11.1. The summed E-state index contributed by atoms with van der Waals surface area (Å²) in [6.07, 6.45) is 11.7. The highest BCUT2D eigenvalue weighted by Crippen LogP contribution is 2.59. The van der Waals surface area contributed by atoms with Gasteiger partial charge in [0.05, 0.1) is 11.2 Å². The number of aromatic nitrogens is 4. The summed E-state index contributed by atoms with van der Waals surface area (Å²) in [5.41, 5.74) is 5.66. The zero-order valence-electron chi connectivity index (χ0n) is 26.1. The van der Waals surface area contributed by atoms with Crippen molar-refractivity contribution in [2.45, 2.75) is 83.8 Å². The van der Waals surface area contributed by atoms with Gasteiger partial charge in [0.2, 0.25) is 17.7 Å². The number of likely N-dealkylation sites (N-methyl/N-ethyl adjacent to an activating group) is 1. The molecule has 2 aliphatic heterocycles. The lowest BCUT2D eigenvalue weighted by Crippen LogP contribution is -2.48. The lowest BCUT2D eigenvalue weighted by atomic mass is 9.96. The summed E-state index contributed by atoms with van der Waals surface area (Å²) in [4.78, 5) is 59.1. The van der Waals surface area contributed by atoms with Crippen molar-refractivity contribution in [3.8, 4) is 11.1 Å². The zero-order valence-corrected chi connectivity index (χ0v) is 26.1. The lowest BCUT2D eigenvalue weighted by Gasteiger charge is -2.26. The first-order valence-electron chi connectivity index (χ1n) is 16.0. The van der Waals surface area contributed by atoms with Crippen LogP contribution in [0.2, 0.25) is 0 Å². The minimum absolute atomic E-state index is 0.0165. The molecule has 234 valence electrons. The Bertz CT molecular complexity index is 1870. The molecule has 1 aromatic carbocycles. The molecule has 3 aliphatic rings. The van der Waals surface area contributed by atoms with Crippen LogP contribution in [0.3, 0.4) is 0 Å². The monoisotopic (exact) mass is 609 g/mol. The molecule has 11 heteroatoms. The molecule has 1 aliphatic carbocycles. The minimum atomic E-state index is -0.592. The molecule has 1 saturated carbocycles. The minimum Gasteiger partial charge on any atom is -0.357 e. The van der Waals surface area contributed by atoms with Crippen LogP contribution in [0.25, 0.3) is 27.7 Å². The molecule has 2 fully saturated rings. The highest BCUT2D eigenvalue weighted by molar-refractivity contribution is 6.09. The van der Waals surface area contributed by atoms with E-state index >= 15 is 0 Å². The predicted octanol–water partition coefficient (Wildman–Crippen LogP) is 3.59. The first-order chi connectivity index (χ1) is 21.7. The largest absolute Gasteiger partial charge is 0.357 e. The van der Waals surface area contributed by atoms with E-state index in [9.17, 15) is 19.2 Å². The molecule has 2 bridgehead atoms. The standard InChI is InChI=1S/C34H39N7O4/c1-20-10-29-36-15-24(16-40(29)38-20)23-11-22-8-6-4-5-7-9-30(43)37-19-34-13-27(33(45)35-3)41(28(34)14-34)31(44)18-39-17-26(21(2)42)25(12-23)32(22)39/h10-12,15-17,27-28H,4-9,13-14,18-19H2,1-3H3,(H,35,45)(H,37,43)/t27-,28+,34-/m0/s1. The molecule has 3 aromatic heterocycles. The van der Waals surface area contributed by atoms with Crippen LogP contribution in [-0.2, 0) is 27.3 Å². The maximum Gasteiger partial charge on any atom is 0.243 e. The third kappa shape index (κ3) is 5.17. The molecule has 2 N–H and O–H groups in total. The number of hydrogen-bond acceptors (Lipinski definition) is 6. The van der Waals surface area contributed by atoms with Crippen molar-refractivity contribution in [1.29, 1.82) is 0 Å². The fourth-order valence-corrected chi connectivity index (χ4v) is 7.62. The van der Waals surface area contributed by atoms with Crippen LogP contribution >= 0.6 is 0 Å². The van der Waals surface area contributed by atoms with E-state index in [1.54, 1.807) is 29.6 Å². The molecule has 4 aromatic rings. The second-order valence-corrected chi connectivity index (χ2v) is 13.1. The van der Waals surface area contributed by atoms with Gasteiger partial charge in [-0.1, -0.05) is 12.8 Å². The van der Waals surface area contributed by atoms with E-state index in [0.29, 0.717) is 24.9 Å². The molecule has 5 heterocycles. The number of rotatable bonds is 3. The number of Topliss-reactive ketones (excluding diaryl/α,β-unsaturated/α-hetero) is 1. The molecule has 3 amide bonds. The molecule has 45 heavy (non-hydrogen) atoms. The maximum absolute atomic E-state index is 14.1. The van der Waals surface area contributed by atoms with Gasteiger partial charge in [-0.15, -0.1) is 0 Å². The SMILES string of the molecule is CNC(=O)[C@@H]1C[C@]23CNC(=O)CCCCCCc4cc(-c5cnc6cc(C)nn6c5)cc5c(C(C)=O)cn(c45)CC(=O)N1[C@@H]2C3. The Kier molecular flexibility index (Phi) is 7.21. The third-order valence-corrected chi connectivity index (χ3v) is 10.00. The van der Waals surface area contributed by atoms with Gasteiger partial charge < -0.3 is 20.1 Å². The summed E-state index contributed by atoms with van der Waals surface area (Å²) in [7, 11) is 1.59. The van der Waals surface area contributed by atoms with Gasteiger partial charge in [0.1, 0.15) is 12.6 Å². The van der Waals surface area contributed by atoms with E-state index in [0.717, 1.165) is 77.5 Å². The van der Waals surface area contributed by atoms with E-state index in [-0.39, 0.29) is 41.5 Å². The topological polar surface area (TPSA) is 131 Å². The summed E-state index contributed by atoms with van der Waals surface area (Å²) in [6.45, 7) is 3.98. The van der Waals surface area contributed by atoms with Gasteiger partial charge in [-0.05, 0) is 69.2 Å². The fourth-order valence-electron chi connectivity index (χ4n) is 7.62. The van der Waals surface area contributed by atoms with Crippen LogP contribution in [0.15, 0.2) is 36.8 Å². The van der Waals surface area contributed by atoms with Crippen molar-refractivity contribution in [1.82, 2.24) is 34.7 Å². The summed E-state index contributed by atoms with van der Waals surface area (Å²) in [5.74, 6) is -0.398. The Hall–Kier alpha value is -4.54. The van der Waals surface area contributed by atoms with Gasteiger partial charge in [0, 0.05) is 72.6 Å². The highest BCUT2D eigenvalue weighted by atomic mass is 16.2.